The molecular formula is C17H16N2O2. The maximum absolute atomic E-state index is 11.9. The van der Waals surface area contributed by atoms with Crippen LogP contribution in [0.4, 0.5) is 5.69 Å². The van der Waals surface area contributed by atoms with E-state index in [1.165, 1.54) is 0 Å². The summed E-state index contributed by atoms with van der Waals surface area (Å²) in [6, 6.07) is 13.7. The van der Waals surface area contributed by atoms with Crippen molar-refractivity contribution in [3.05, 3.63) is 52.9 Å². The number of hydrogen-bond donors (Lipinski definition) is 1. The molecule has 1 aliphatic heterocycles. The van der Waals surface area contributed by atoms with Gasteiger partial charge in [0.1, 0.15) is 5.58 Å². The monoisotopic (exact) mass is 280 g/mol. The van der Waals surface area contributed by atoms with Gasteiger partial charge in [0.15, 0.2) is 0 Å². The van der Waals surface area contributed by atoms with Gasteiger partial charge in [0, 0.05) is 37.6 Å². The lowest BCUT2D eigenvalue weighted by Gasteiger charge is -2.30. The van der Waals surface area contributed by atoms with E-state index in [1.54, 1.807) is 6.07 Å². The molecule has 4 nitrogen and oxygen atoms in total. The highest BCUT2D eigenvalue weighted by Crippen LogP contribution is 2.32. The molecule has 0 amide bonds. The van der Waals surface area contributed by atoms with Gasteiger partial charge in [-0.15, -0.1) is 0 Å². The maximum atomic E-state index is 11.9. The zero-order chi connectivity index (χ0) is 14.2. The van der Waals surface area contributed by atoms with E-state index in [0.29, 0.717) is 5.58 Å². The first-order valence-corrected chi connectivity index (χ1v) is 7.24. The normalized spacial score (nSPS) is 15.7. The van der Waals surface area contributed by atoms with Gasteiger partial charge in [-0.1, -0.05) is 30.3 Å². The lowest BCUT2D eigenvalue weighted by molar-refractivity contribution is 0.555. The molecule has 1 saturated heterocycles. The Morgan fingerprint density at radius 2 is 1.86 bits per heavy atom. The topological polar surface area (TPSA) is 45.5 Å². The summed E-state index contributed by atoms with van der Waals surface area (Å²) in [5.41, 5.74) is 1.36. The maximum Gasteiger partial charge on any atom is 0.338 e. The second-order valence-electron chi connectivity index (χ2n) is 5.35. The van der Waals surface area contributed by atoms with Crippen molar-refractivity contribution in [1.82, 2.24) is 5.32 Å². The molecule has 106 valence electrons. The van der Waals surface area contributed by atoms with E-state index in [-0.39, 0.29) is 5.63 Å². The third-order valence-electron chi connectivity index (χ3n) is 4.07. The van der Waals surface area contributed by atoms with Gasteiger partial charge < -0.3 is 14.6 Å². The van der Waals surface area contributed by atoms with Gasteiger partial charge in [-0.25, -0.2) is 4.79 Å². The minimum atomic E-state index is -0.286. The van der Waals surface area contributed by atoms with E-state index >= 15 is 0 Å². The fraction of sp³-hybridized carbons (Fsp3) is 0.235. The molecule has 2 aromatic carbocycles. The van der Waals surface area contributed by atoms with E-state index in [9.17, 15) is 4.79 Å². The number of anilines is 1. The highest BCUT2D eigenvalue weighted by atomic mass is 16.4. The summed E-state index contributed by atoms with van der Waals surface area (Å²) in [5.74, 6) is 0. The van der Waals surface area contributed by atoms with Crippen LogP contribution >= 0.6 is 0 Å². The fourth-order valence-corrected chi connectivity index (χ4v) is 3.08. The average Bonchev–Trinajstić information content (AvgIpc) is 2.54. The number of piperazine rings is 1. The molecule has 2 heterocycles. The fourth-order valence-electron chi connectivity index (χ4n) is 3.08. The van der Waals surface area contributed by atoms with Crippen molar-refractivity contribution in [2.75, 3.05) is 31.1 Å². The largest absolute Gasteiger partial charge is 0.423 e. The molecule has 0 saturated carbocycles. The molecule has 1 aliphatic rings. The molecule has 1 fully saturated rings. The van der Waals surface area contributed by atoms with Crippen LogP contribution < -0.4 is 15.8 Å². The van der Waals surface area contributed by atoms with E-state index in [2.05, 4.69) is 22.3 Å². The van der Waals surface area contributed by atoms with Gasteiger partial charge >= 0.3 is 5.63 Å². The summed E-state index contributed by atoms with van der Waals surface area (Å²) in [6.45, 7) is 3.68. The molecule has 1 aromatic heterocycles. The summed E-state index contributed by atoms with van der Waals surface area (Å²) in [5, 5.41) is 6.67. The minimum Gasteiger partial charge on any atom is -0.423 e. The van der Waals surface area contributed by atoms with Crippen molar-refractivity contribution in [3.63, 3.8) is 0 Å². The molecule has 21 heavy (non-hydrogen) atoms. The predicted octanol–water partition coefficient (Wildman–Crippen LogP) is 2.36. The van der Waals surface area contributed by atoms with Gasteiger partial charge in [-0.3, -0.25) is 0 Å². The number of benzene rings is 2. The molecule has 0 atom stereocenters. The standard InChI is InChI=1S/C17H16N2O2/c20-16-11-14(19-9-7-18-8-10-19)17-13-4-2-1-3-12(13)5-6-15(17)21-16/h1-6,11,18H,7-10H2. The molecule has 4 heteroatoms. The van der Waals surface area contributed by atoms with Gasteiger partial charge in [0.25, 0.3) is 0 Å². The smallest absolute Gasteiger partial charge is 0.338 e. The Labute approximate surface area is 122 Å². The molecule has 0 spiro atoms. The molecule has 4 rings (SSSR count). The Morgan fingerprint density at radius 3 is 2.71 bits per heavy atom. The highest BCUT2D eigenvalue weighted by Gasteiger charge is 2.17. The molecular weight excluding hydrogens is 264 g/mol. The van der Waals surface area contributed by atoms with E-state index < -0.39 is 0 Å². The van der Waals surface area contributed by atoms with E-state index in [1.807, 2.05) is 24.3 Å². The number of hydrogen-bond acceptors (Lipinski definition) is 4. The van der Waals surface area contributed by atoms with Crippen LogP contribution in [0.3, 0.4) is 0 Å². The predicted molar refractivity (Wildman–Crippen MR) is 85.1 cm³/mol. The highest BCUT2D eigenvalue weighted by molar-refractivity contribution is 6.11. The third-order valence-corrected chi connectivity index (χ3v) is 4.07. The van der Waals surface area contributed by atoms with Crippen molar-refractivity contribution in [2.45, 2.75) is 0 Å². The quantitative estimate of drug-likeness (QED) is 0.549. The Bertz CT molecular complexity index is 863. The third kappa shape index (κ3) is 2.08. The number of fused-ring (bicyclic) bond motifs is 3. The zero-order valence-electron chi connectivity index (χ0n) is 11.6. The van der Waals surface area contributed by atoms with Crippen LogP contribution in [0.25, 0.3) is 21.7 Å². The first kappa shape index (κ1) is 12.4. The first-order chi connectivity index (χ1) is 10.3. The van der Waals surface area contributed by atoms with Crippen molar-refractivity contribution in [1.29, 1.82) is 0 Å². The summed E-state index contributed by atoms with van der Waals surface area (Å²) >= 11 is 0. The molecule has 0 unspecified atom stereocenters. The second-order valence-corrected chi connectivity index (χ2v) is 5.35. The first-order valence-electron chi connectivity index (χ1n) is 7.24. The summed E-state index contributed by atoms with van der Waals surface area (Å²) in [6.07, 6.45) is 0. The lowest BCUT2D eigenvalue weighted by Crippen LogP contribution is -2.43. The van der Waals surface area contributed by atoms with Gasteiger partial charge in [-0.05, 0) is 16.8 Å². The number of nitrogens with zero attached hydrogens (tertiary/aromatic N) is 1. The van der Waals surface area contributed by atoms with Crippen LogP contribution in [-0.2, 0) is 0 Å². The molecule has 1 N–H and O–H groups in total. The second kappa shape index (κ2) is 4.90. The molecule has 0 radical (unpaired) electrons. The van der Waals surface area contributed by atoms with Crippen LogP contribution in [-0.4, -0.2) is 26.2 Å². The summed E-state index contributed by atoms with van der Waals surface area (Å²) < 4.78 is 5.40. The Kier molecular flexibility index (Phi) is 2.89. The summed E-state index contributed by atoms with van der Waals surface area (Å²) in [4.78, 5) is 14.1. The van der Waals surface area contributed by atoms with Crippen LogP contribution in [0.2, 0.25) is 0 Å². The Balaban J connectivity index is 2.07. The Hall–Kier alpha value is -2.33. The van der Waals surface area contributed by atoms with Crippen LogP contribution in [0, 0.1) is 0 Å². The van der Waals surface area contributed by atoms with Gasteiger partial charge in [0.05, 0.1) is 5.69 Å². The SMILES string of the molecule is O=c1cc(N2CCNCC2)c2c(ccc3ccccc32)o1. The zero-order valence-corrected chi connectivity index (χ0v) is 11.6. The number of nitrogens with one attached hydrogen (secondary N) is 1. The van der Waals surface area contributed by atoms with Crippen molar-refractivity contribution < 1.29 is 4.42 Å². The van der Waals surface area contributed by atoms with E-state index in [4.69, 9.17) is 4.42 Å². The van der Waals surface area contributed by atoms with E-state index in [0.717, 1.165) is 48.0 Å². The minimum absolute atomic E-state index is 0.286. The van der Waals surface area contributed by atoms with Gasteiger partial charge in [0.2, 0.25) is 0 Å². The van der Waals surface area contributed by atoms with Crippen LogP contribution in [0.15, 0.2) is 51.7 Å². The summed E-state index contributed by atoms with van der Waals surface area (Å²) in [7, 11) is 0. The molecule has 3 aromatic rings. The molecule has 0 bridgehead atoms. The van der Waals surface area contributed by atoms with Gasteiger partial charge in [-0.2, -0.15) is 0 Å². The number of rotatable bonds is 1. The van der Waals surface area contributed by atoms with Crippen LogP contribution in [0.5, 0.6) is 0 Å². The Morgan fingerprint density at radius 1 is 1.05 bits per heavy atom. The molecule has 0 aliphatic carbocycles. The average molecular weight is 280 g/mol. The lowest BCUT2D eigenvalue weighted by atomic mass is 10.0. The van der Waals surface area contributed by atoms with Crippen molar-refractivity contribution >= 4 is 27.4 Å². The van der Waals surface area contributed by atoms with Crippen molar-refractivity contribution in [3.8, 4) is 0 Å². The van der Waals surface area contributed by atoms with Crippen molar-refractivity contribution in [2.24, 2.45) is 0 Å². The van der Waals surface area contributed by atoms with Crippen LogP contribution in [0.1, 0.15) is 0 Å².